The minimum Gasteiger partial charge on any atom is -0.340 e. The first-order chi connectivity index (χ1) is 16.5. The number of nitrogens with one attached hydrogen (secondary N) is 2. The smallest absolute Gasteiger partial charge is 0.317 e. The van der Waals surface area contributed by atoms with Gasteiger partial charge in [-0.3, -0.25) is 0 Å². The van der Waals surface area contributed by atoms with Crippen LogP contribution in [0.25, 0.3) is 11.3 Å². The molecular formula is C26H33FN6O. The fourth-order valence-corrected chi connectivity index (χ4v) is 4.19. The van der Waals surface area contributed by atoms with E-state index in [1.54, 1.807) is 17.0 Å². The summed E-state index contributed by atoms with van der Waals surface area (Å²) in [7, 11) is 0. The maximum absolute atomic E-state index is 13.6. The molecule has 0 aliphatic carbocycles. The van der Waals surface area contributed by atoms with Gasteiger partial charge in [0.25, 0.3) is 0 Å². The second kappa shape index (κ2) is 10.7. The Kier molecular flexibility index (Phi) is 7.47. The van der Waals surface area contributed by atoms with Gasteiger partial charge in [0.05, 0.1) is 6.54 Å². The van der Waals surface area contributed by atoms with Gasteiger partial charge in [-0.15, -0.1) is 0 Å². The first-order valence-corrected chi connectivity index (χ1v) is 11.9. The van der Waals surface area contributed by atoms with Crippen LogP contribution in [-0.2, 0) is 13.1 Å². The van der Waals surface area contributed by atoms with Gasteiger partial charge >= 0.3 is 6.03 Å². The van der Waals surface area contributed by atoms with Crippen LogP contribution in [0.1, 0.15) is 25.2 Å². The van der Waals surface area contributed by atoms with E-state index in [0.717, 1.165) is 48.2 Å². The number of aryl methyl sites for hydroxylation is 1. The van der Waals surface area contributed by atoms with E-state index in [1.807, 2.05) is 12.1 Å². The molecule has 3 aromatic rings. The Balaban J connectivity index is 1.55. The van der Waals surface area contributed by atoms with E-state index in [2.05, 4.69) is 53.0 Å². The van der Waals surface area contributed by atoms with Gasteiger partial charge in [-0.05, 0) is 56.4 Å². The summed E-state index contributed by atoms with van der Waals surface area (Å²) in [4.78, 5) is 21.7. The van der Waals surface area contributed by atoms with Crippen molar-refractivity contribution in [3.63, 3.8) is 0 Å². The molecule has 7 nitrogen and oxygen atoms in total. The first kappa shape index (κ1) is 23.8. The summed E-state index contributed by atoms with van der Waals surface area (Å²) in [5, 5.41) is 6.54. The fourth-order valence-electron chi connectivity index (χ4n) is 4.19. The van der Waals surface area contributed by atoms with Crippen LogP contribution in [0.3, 0.4) is 0 Å². The number of urea groups is 1. The van der Waals surface area contributed by atoms with E-state index in [0.29, 0.717) is 26.2 Å². The summed E-state index contributed by atoms with van der Waals surface area (Å²) in [6.45, 7) is 11.3. The monoisotopic (exact) mass is 464 g/mol. The Bertz CT molecular complexity index is 1110. The van der Waals surface area contributed by atoms with Crippen LogP contribution < -0.4 is 10.6 Å². The maximum atomic E-state index is 13.6. The first-order valence-electron chi connectivity index (χ1n) is 11.9. The highest BCUT2D eigenvalue weighted by molar-refractivity contribution is 5.78. The van der Waals surface area contributed by atoms with Gasteiger partial charge in [0.2, 0.25) is 0 Å². The number of halogens is 1. The van der Waals surface area contributed by atoms with Gasteiger partial charge in [-0.1, -0.05) is 31.5 Å². The van der Waals surface area contributed by atoms with Crippen molar-refractivity contribution in [3.8, 4) is 11.3 Å². The molecule has 1 aliphatic rings. The lowest BCUT2D eigenvalue weighted by molar-refractivity contribution is 0.180. The van der Waals surface area contributed by atoms with E-state index >= 15 is 0 Å². The van der Waals surface area contributed by atoms with Gasteiger partial charge in [-0.2, -0.15) is 0 Å². The SMILES string of the molecule is CCN(CC)CCNC(=O)N1CCn2c(nc(-c3ccc(F)cc3)c2Nc2ccc(C)cc2)C1. The zero-order valence-corrected chi connectivity index (χ0v) is 20.1. The summed E-state index contributed by atoms with van der Waals surface area (Å²) in [6.07, 6.45) is 0. The molecule has 0 saturated heterocycles. The minimum atomic E-state index is -0.284. The van der Waals surface area contributed by atoms with Crippen molar-refractivity contribution in [1.82, 2.24) is 24.7 Å². The predicted octanol–water partition coefficient (Wildman–Crippen LogP) is 4.61. The average Bonchev–Trinajstić information content (AvgIpc) is 3.21. The molecule has 1 aliphatic heterocycles. The number of carbonyl (C=O) groups is 1. The van der Waals surface area contributed by atoms with Crippen LogP contribution in [0.4, 0.5) is 20.7 Å². The molecule has 0 unspecified atom stereocenters. The molecular weight excluding hydrogens is 431 g/mol. The summed E-state index contributed by atoms with van der Waals surface area (Å²) in [5.41, 5.74) is 3.71. The van der Waals surface area contributed by atoms with Crippen molar-refractivity contribution in [2.24, 2.45) is 0 Å². The number of likely N-dealkylation sites (N-methyl/N-ethyl adjacent to an activating group) is 1. The summed E-state index contributed by atoms with van der Waals surface area (Å²) >= 11 is 0. The second-order valence-electron chi connectivity index (χ2n) is 8.56. The van der Waals surface area contributed by atoms with E-state index in [9.17, 15) is 9.18 Å². The molecule has 2 N–H and O–H groups in total. The van der Waals surface area contributed by atoms with Crippen molar-refractivity contribution in [1.29, 1.82) is 0 Å². The number of imidazole rings is 1. The van der Waals surface area contributed by atoms with Crippen LogP contribution in [0.15, 0.2) is 48.5 Å². The third-order valence-electron chi connectivity index (χ3n) is 6.29. The third kappa shape index (κ3) is 5.39. The van der Waals surface area contributed by atoms with Crippen molar-refractivity contribution in [2.45, 2.75) is 33.9 Å². The molecule has 0 atom stereocenters. The van der Waals surface area contributed by atoms with Gasteiger partial charge in [0, 0.05) is 37.4 Å². The predicted molar refractivity (Wildman–Crippen MR) is 134 cm³/mol. The standard InChI is InChI=1S/C26H33FN6O/c1-4-31(5-2)15-14-28-26(34)32-16-17-33-23(18-32)30-24(20-8-10-21(27)11-9-20)25(33)29-22-12-6-19(3)7-13-22/h6-13,29H,4-5,14-18H2,1-3H3,(H,28,34). The Morgan fingerprint density at radius 3 is 2.44 bits per heavy atom. The quantitative estimate of drug-likeness (QED) is 0.511. The maximum Gasteiger partial charge on any atom is 0.317 e. The molecule has 0 radical (unpaired) electrons. The molecule has 4 rings (SSSR count). The number of aromatic nitrogens is 2. The van der Waals surface area contributed by atoms with Crippen molar-refractivity contribution in [3.05, 3.63) is 65.7 Å². The number of hydrogen-bond acceptors (Lipinski definition) is 4. The van der Waals surface area contributed by atoms with Crippen molar-refractivity contribution in [2.75, 3.05) is 38.0 Å². The molecule has 180 valence electrons. The Hall–Kier alpha value is -3.39. The zero-order chi connectivity index (χ0) is 24.1. The number of amides is 2. The van der Waals surface area contributed by atoms with E-state index in [4.69, 9.17) is 4.98 Å². The molecule has 8 heteroatoms. The Morgan fingerprint density at radius 2 is 1.76 bits per heavy atom. The number of rotatable bonds is 8. The van der Waals surface area contributed by atoms with Crippen LogP contribution in [0.2, 0.25) is 0 Å². The molecule has 1 aromatic heterocycles. The highest BCUT2D eigenvalue weighted by Crippen LogP contribution is 2.33. The summed E-state index contributed by atoms with van der Waals surface area (Å²) in [5.74, 6) is 1.37. The molecule has 2 aromatic carbocycles. The van der Waals surface area contributed by atoms with Crippen LogP contribution in [-0.4, -0.2) is 58.1 Å². The normalized spacial score (nSPS) is 13.1. The Labute approximate surface area is 200 Å². The molecule has 0 fully saturated rings. The molecule has 2 heterocycles. The Morgan fingerprint density at radius 1 is 1.06 bits per heavy atom. The van der Waals surface area contributed by atoms with Crippen molar-refractivity contribution < 1.29 is 9.18 Å². The molecule has 0 bridgehead atoms. The van der Waals surface area contributed by atoms with Crippen LogP contribution >= 0.6 is 0 Å². The summed E-state index contributed by atoms with van der Waals surface area (Å²) < 4.78 is 15.7. The largest absolute Gasteiger partial charge is 0.340 e. The number of anilines is 2. The molecule has 2 amide bonds. The highest BCUT2D eigenvalue weighted by Gasteiger charge is 2.27. The minimum absolute atomic E-state index is 0.0715. The number of fused-ring (bicyclic) bond motifs is 1. The number of hydrogen-bond donors (Lipinski definition) is 2. The van der Waals surface area contributed by atoms with Gasteiger partial charge in [-0.25, -0.2) is 14.2 Å². The van der Waals surface area contributed by atoms with E-state index in [-0.39, 0.29) is 11.8 Å². The number of carbonyl (C=O) groups excluding carboxylic acids is 1. The zero-order valence-electron chi connectivity index (χ0n) is 20.1. The second-order valence-corrected chi connectivity index (χ2v) is 8.56. The third-order valence-corrected chi connectivity index (χ3v) is 6.29. The topological polar surface area (TPSA) is 65.4 Å². The fraction of sp³-hybridized carbons (Fsp3) is 0.385. The van der Waals surface area contributed by atoms with Gasteiger partial charge in [0.15, 0.2) is 0 Å². The molecule has 0 spiro atoms. The number of benzene rings is 2. The van der Waals surface area contributed by atoms with E-state index < -0.39 is 0 Å². The summed E-state index contributed by atoms with van der Waals surface area (Å²) in [6, 6.07) is 14.5. The van der Waals surface area contributed by atoms with Crippen LogP contribution in [0, 0.1) is 12.7 Å². The van der Waals surface area contributed by atoms with Crippen LogP contribution in [0.5, 0.6) is 0 Å². The lowest BCUT2D eigenvalue weighted by Crippen LogP contribution is -2.46. The van der Waals surface area contributed by atoms with Gasteiger partial charge in [0.1, 0.15) is 23.2 Å². The average molecular weight is 465 g/mol. The highest BCUT2D eigenvalue weighted by atomic mass is 19.1. The lowest BCUT2D eigenvalue weighted by atomic mass is 10.1. The molecule has 0 saturated carbocycles. The lowest BCUT2D eigenvalue weighted by Gasteiger charge is -2.29. The molecule has 34 heavy (non-hydrogen) atoms. The number of nitrogens with zero attached hydrogens (tertiary/aromatic N) is 4. The van der Waals surface area contributed by atoms with Crippen molar-refractivity contribution >= 4 is 17.5 Å². The van der Waals surface area contributed by atoms with Gasteiger partial charge < -0.3 is 25.0 Å². The van der Waals surface area contributed by atoms with E-state index in [1.165, 1.54) is 17.7 Å².